The first-order valence-corrected chi connectivity index (χ1v) is 7.84. The van der Waals surface area contributed by atoms with Crippen LogP contribution in [0.1, 0.15) is 26.2 Å². The molecule has 2 atom stereocenters. The number of rotatable bonds is 8. The molecule has 1 fully saturated rings. The van der Waals surface area contributed by atoms with Crippen LogP contribution in [-0.4, -0.2) is 50.5 Å². The summed E-state index contributed by atoms with van der Waals surface area (Å²) in [5.41, 5.74) is 0. The Balaban J connectivity index is 1.58. The smallest absolute Gasteiger partial charge is 0.119 e. The summed E-state index contributed by atoms with van der Waals surface area (Å²) < 4.78 is 12.5. The van der Waals surface area contributed by atoms with Crippen molar-refractivity contribution in [3.63, 3.8) is 0 Å². The molecule has 1 aliphatic heterocycles. The van der Waals surface area contributed by atoms with E-state index in [1.807, 2.05) is 30.3 Å². The number of hydrogen-bond acceptors (Lipinski definition) is 2. The number of benzene rings is 1. The topological polar surface area (TPSA) is 18.5 Å². The van der Waals surface area contributed by atoms with Gasteiger partial charge in [0.2, 0.25) is 0 Å². The number of likely N-dealkylation sites (N-methyl/N-ethyl adjacent to an activating group) is 1. The summed E-state index contributed by atoms with van der Waals surface area (Å²) in [6.07, 6.45) is 4.03. The molecule has 1 aromatic carbocycles. The number of hydrogen-bond donors (Lipinski definition) is 0. The number of quaternary nitrogens is 1. The highest BCUT2D eigenvalue weighted by molar-refractivity contribution is 5.20. The van der Waals surface area contributed by atoms with Gasteiger partial charge in [0.05, 0.1) is 32.8 Å². The van der Waals surface area contributed by atoms with Gasteiger partial charge in [-0.15, -0.1) is 0 Å². The molecule has 2 rings (SSSR count). The van der Waals surface area contributed by atoms with Crippen LogP contribution in [0.4, 0.5) is 0 Å². The van der Waals surface area contributed by atoms with Crippen molar-refractivity contribution in [2.75, 3.05) is 40.0 Å². The van der Waals surface area contributed by atoms with E-state index in [-0.39, 0.29) is 0 Å². The van der Waals surface area contributed by atoms with Crippen LogP contribution in [0.25, 0.3) is 0 Å². The second-order valence-corrected chi connectivity index (χ2v) is 5.90. The fourth-order valence-electron chi connectivity index (χ4n) is 3.23. The van der Waals surface area contributed by atoms with E-state index in [1.165, 1.54) is 30.3 Å². The molecule has 0 bridgehead atoms. The first-order chi connectivity index (χ1) is 9.74. The molecular formula is C17H28NO2+. The van der Waals surface area contributed by atoms with Crippen molar-refractivity contribution in [1.29, 1.82) is 0 Å². The van der Waals surface area contributed by atoms with Crippen LogP contribution in [0.5, 0.6) is 5.75 Å². The first-order valence-electron chi connectivity index (χ1n) is 7.84. The zero-order valence-corrected chi connectivity index (χ0v) is 12.9. The Labute approximate surface area is 123 Å². The third-order valence-electron chi connectivity index (χ3n) is 4.55. The standard InChI is InChI=1S/C17H28NO2/c1-3-16-8-7-11-18(16,2)12-13-19-14-15-20-17-9-5-4-6-10-17/h4-6,9-10,16H,3,7-8,11-15H2,1-2H3/q+1/t16-,18?/m0/s1. The lowest BCUT2D eigenvalue weighted by Crippen LogP contribution is -2.49. The molecule has 0 amide bonds. The monoisotopic (exact) mass is 278 g/mol. The van der Waals surface area contributed by atoms with Crippen LogP contribution in [0.15, 0.2) is 30.3 Å². The van der Waals surface area contributed by atoms with Crippen LogP contribution in [0.2, 0.25) is 0 Å². The molecule has 3 heteroatoms. The second kappa shape index (κ2) is 7.65. The van der Waals surface area contributed by atoms with Gasteiger partial charge in [-0.25, -0.2) is 0 Å². The molecule has 1 unspecified atom stereocenters. The zero-order chi connectivity index (χ0) is 14.3. The summed E-state index contributed by atoms with van der Waals surface area (Å²) in [7, 11) is 2.38. The highest BCUT2D eigenvalue weighted by atomic mass is 16.5. The quantitative estimate of drug-likeness (QED) is 0.537. The second-order valence-electron chi connectivity index (χ2n) is 5.90. The van der Waals surface area contributed by atoms with E-state index in [0.29, 0.717) is 13.2 Å². The highest BCUT2D eigenvalue weighted by Crippen LogP contribution is 2.26. The third-order valence-corrected chi connectivity index (χ3v) is 4.55. The Morgan fingerprint density at radius 3 is 2.70 bits per heavy atom. The molecular weight excluding hydrogens is 250 g/mol. The molecule has 0 aliphatic carbocycles. The van der Waals surface area contributed by atoms with Gasteiger partial charge < -0.3 is 14.0 Å². The van der Waals surface area contributed by atoms with Gasteiger partial charge in [0.1, 0.15) is 18.9 Å². The number of para-hydroxylation sites is 1. The van der Waals surface area contributed by atoms with Gasteiger partial charge >= 0.3 is 0 Å². The molecule has 1 heterocycles. The van der Waals surface area contributed by atoms with E-state index in [2.05, 4.69) is 14.0 Å². The lowest BCUT2D eigenvalue weighted by molar-refractivity contribution is -0.921. The van der Waals surface area contributed by atoms with E-state index >= 15 is 0 Å². The van der Waals surface area contributed by atoms with Gasteiger partial charge in [-0.2, -0.15) is 0 Å². The first kappa shape index (κ1) is 15.3. The van der Waals surface area contributed by atoms with Crippen LogP contribution >= 0.6 is 0 Å². The van der Waals surface area contributed by atoms with Gasteiger partial charge in [-0.1, -0.05) is 25.1 Å². The lowest BCUT2D eigenvalue weighted by Gasteiger charge is -2.35. The highest BCUT2D eigenvalue weighted by Gasteiger charge is 2.35. The Kier molecular flexibility index (Phi) is 5.86. The molecule has 0 radical (unpaired) electrons. The van der Waals surface area contributed by atoms with E-state index in [4.69, 9.17) is 9.47 Å². The largest absolute Gasteiger partial charge is 0.491 e. The predicted molar refractivity (Wildman–Crippen MR) is 82.0 cm³/mol. The Morgan fingerprint density at radius 2 is 1.95 bits per heavy atom. The molecule has 1 saturated heterocycles. The van der Waals surface area contributed by atoms with Crippen molar-refractivity contribution in [3.8, 4) is 5.75 Å². The van der Waals surface area contributed by atoms with Gasteiger partial charge in [0, 0.05) is 12.8 Å². The van der Waals surface area contributed by atoms with Gasteiger partial charge in [-0.05, 0) is 18.6 Å². The molecule has 112 valence electrons. The number of nitrogens with zero attached hydrogens (tertiary/aromatic N) is 1. The summed E-state index contributed by atoms with van der Waals surface area (Å²) in [6.45, 7) is 6.88. The minimum absolute atomic E-state index is 0.630. The molecule has 0 N–H and O–H groups in total. The molecule has 20 heavy (non-hydrogen) atoms. The summed E-state index contributed by atoms with van der Waals surface area (Å²) in [5.74, 6) is 0.917. The molecule has 0 spiro atoms. The molecule has 0 saturated carbocycles. The van der Waals surface area contributed by atoms with Crippen molar-refractivity contribution in [1.82, 2.24) is 0 Å². The maximum Gasteiger partial charge on any atom is 0.119 e. The zero-order valence-electron chi connectivity index (χ0n) is 12.9. The fourth-order valence-corrected chi connectivity index (χ4v) is 3.23. The maximum absolute atomic E-state index is 5.73. The molecule has 1 aromatic rings. The Morgan fingerprint density at radius 1 is 1.15 bits per heavy atom. The number of likely N-dealkylation sites (tertiary alicyclic amines) is 1. The molecule has 1 aliphatic rings. The fraction of sp³-hybridized carbons (Fsp3) is 0.647. The predicted octanol–water partition coefficient (Wildman–Crippen LogP) is 3.10. The number of ether oxygens (including phenoxy) is 2. The summed E-state index contributed by atoms with van der Waals surface area (Å²) >= 11 is 0. The van der Waals surface area contributed by atoms with Crippen molar-refractivity contribution < 1.29 is 14.0 Å². The van der Waals surface area contributed by atoms with Crippen molar-refractivity contribution in [2.45, 2.75) is 32.2 Å². The van der Waals surface area contributed by atoms with Crippen LogP contribution < -0.4 is 4.74 Å². The minimum Gasteiger partial charge on any atom is -0.491 e. The van der Waals surface area contributed by atoms with Gasteiger partial charge in [0.15, 0.2) is 0 Å². The average molecular weight is 278 g/mol. The van der Waals surface area contributed by atoms with Crippen LogP contribution in [0, 0.1) is 0 Å². The van der Waals surface area contributed by atoms with Crippen molar-refractivity contribution in [3.05, 3.63) is 30.3 Å². The average Bonchev–Trinajstić information content (AvgIpc) is 2.85. The molecule has 0 aromatic heterocycles. The maximum atomic E-state index is 5.73. The van der Waals surface area contributed by atoms with Crippen LogP contribution in [0.3, 0.4) is 0 Å². The molecule has 3 nitrogen and oxygen atoms in total. The SMILES string of the molecule is CC[C@H]1CCC[N+]1(C)CCOCCOc1ccccc1. The van der Waals surface area contributed by atoms with Crippen molar-refractivity contribution in [2.24, 2.45) is 0 Å². The Hall–Kier alpha value is -1.06. The van der Waals surface area contributed by atoms with Crippen LogP contribution in [-0.2, 0) is 4.74 Å². The van der Waals surface area contributed by atoms with Crippen molar-refractivity contribution >= 4 is 0 Å². The normalized spacial score (nSPS) is 25.8. The van der Waals surface area contributed by atoms with E-state index in [0.717, 1.165) is 24.9 Å². The third kappa shape index (κ3) is 4.22. The van der Waals surface area contributed by atoms with Gasteiger partial charge in [0.25, 0.3) is 0 Å². The lowest BCUT2D eigenvalue weighted by atomic mass is 10.1. The minimum atomic E-state index is 0.630. The van der Waals surface area contributed by atoms with Gasteiger partial charge in [-0.3, -0.25) is 0 Å². The van der Waals surface area contributed by atoms with E-state index in [1.54, 1.807) is 0 Å². The Bertz CT molecular complexity index is 382. The van der Waals surface area contributed by atoms with E-state index in [9.17, 15) is 0 Å². The summed E-state index contributed by atoms with van der Waals surface area (Å²) in [6, 6.07) is 10.7. The summed E-state index contributed by atoms with van der Waals surface area (Å²) in [4.78, 5) is 0. The summed E-state index contributed by atoms with van der Waals surface area (Å²) in [5, 5.41) is 0. The van der Waals surface area contributed by atoms with E-state index < -0.39 is 0 Å².